The van der Waals surface area contributed by atoms with Gasteiger partial charge in [0.2, 0.25) is 0 Å². The molecule has 0 bridgehead atoms. The van der Waals surface area contributed by atoms with Crippen LogP contribution in [0, 0.1) is 5.82 Å². The first-order chi connectivity index (χ1) is 13.1. The van der Waals surface area contributed by atoms with Gasteiger partial charge in [-0.3, -0.25) is 9.59 Å². The Morgan fingerprint density at radius 3 is 2.21 bits per heavy atom. The lowest BCUT2D eigenvalue weighted by molar-refractivity contribution is -0.167. The Balaban J connectivity index is 3.39. The van der Waals surface area contributed by atoms with E-state index in [-0.39, 0.29) is 17.9 Å². The van der Waals surface area contributed by atoms with Gasteiger partial charge in [0.1, 0.15) is 5.82 Å². The number of benzene rings is 1. The predicted octanol–water partition coefficient (Wildman–Crippen LogP) is 3.55. The zero-order chi connectivity index (χ0) is 22.6. The molecule has 1 amide bonds. The number of esters is 1. The highest BCUT2D eigenvalue weighted by Crippen LogP contribution is 2.32. The molecule has 0 saturated heterocycles. The second-order valence-corrected chi connectivity index (χ2v) is 9.41. The minimum absolute atomic E-state index is 0.0570. The highest BCUT2D eigenvalue weighted by molar-refractivity contribution is 7.84. The molecule has 0 unspecified atom stereocenters. The molecular weight excluding hydrogens is 416 g/mol. The highest BCUT2D eigenvalue weighted by atomic mass is 32.2. The third kappa shape index (κ3) is 7.07. The van der Waals surface area contributed by atoms with Crippen LogP contribution < -0.4 is 10.0 Å². The molecule has 11 heteroatoms. The number of nitrogens with one attached hydrogen (secondary N) is 2. The van der Waals surface area contributed by atoms with E-state index in [1.165, 1.54) is 6.92 Å². The van der Waals surface area contributed by atoms with E-state index in [0.29, 0.717) is 0 Å². The fourth-order valence-electron chi connectivity index (χ4n) is 2.27. The van der Waals surface area contributed by atoms with E-state index in [1.807, 2.05) is 0 Å². The lowest BCUT2D eigenvalue weighted by atomic mass is 9.89. The maximum atomic E-state index is 14.6. The van der Waals surface area contributed by atoms with Crippen molar-refractivity contribution in [2.24, 2.45) is 0 Å². The summed E-state index contributed by atoms with van der Waals surface area (Å²) in [5, 5.41) is 1.63. The summed E-state index contributed by atoms with van der Waals surface area (Å²) >= 11 is 0. The monoisotopic (exact) mass is 440 g/mol. The summed E-state index contributed by atoms with van der Waals surface area (Å²) in [5.41, 5.74) is -2.17. The van der Waals surface area contributed by atoms with Crippen LogP contribution in [0.5, 0.6) is 0 Å². The van der Waals surface area contributed by atoms with Crippen molar-refractivity contribution in [2.75, 3.05) is 11.9 Å². The number of amides is 1. The molecule has 0 spiro atoms. The highest BCUT2D eigenvalue weighted by Gasteiger charge is 2.40. The predicted molar refractivity (Wildman–Crippen MR) is 101 cm³/mol. The van der Waals surface area contributed by atoms with Crippen LogP contribution in [-0.2, 0) is 30.9 Å². The Bertz CT molecular complexity index is 793. The van der Waals surface area contributed by atoms with Gasteiger partial charge in [0, 0.05) is 11.3 Å². The molecule has 164 valence electrons. The molecule has 2 atom stereocenters. The van der Waals surface area contributed by atoms with Gasteiger partial charge < -0.3 is 10.1 Å². The fourth-order valence-corrected chi connectivity index (χ4v) is 3.17. The topological polar surface area (TPSA) is 84.5 Å². The molecule has 1 aromatic carbocycles. The first-order valence-corrected chi connectivity index (χ1v) is 9.78. The van der Waals surface area contributed by atoms with E-state index in [1.54, 1.807) is 33.0 Å². The van der Waals surface area contributed by atoms with Crippen LogP contribution in [0.15, 0.2) is 18.2 Å². The van der Waals surface area contributed by atoms with Gasteiger partial charge >= 0.3 is 18.1 Å². The Labute approximate surface area is 169 Å². The van der Waals surface area contributed by atoms with Crippen LogP contribution >= 0.6 is 0 Å². The largest absolute Gasteiger partial charge is 0.471 e. The van der Waals surface area contributed by atoms with Gasteiger partial charge in [0.15, 0.2) is 0 Å². The average Bonchev–Trinajstić information content (AvgIpc) is 2.54. The minimum Gasteiger partial charge on any atom is -0.466 e. The smallest absolute Gasteiger partial charge is 0.466 e. The van der Waals surface area contributed by atoms with Gasteiger partial charge in [-0.25, -0.2) is 13.3 Å². The van der Waals surface area contributed by atoms with E-state index >= 15 is 0 Å². The van der Waals surface area contributed by atoms with Crippen molar-refractivity contribution in [3.8, 4) is 0 Å². The summed E-state index contributed by atoms with van der Waals surface area (Å²) in [6, 6.07) is 2.77. The molecule has 1 aromatic rings. The van der Waals surface area contributed by atoms with Crippen LogP contribution in [0.4, 0.5) is 23.2 Å². The fraction of sp³-hybridized carbons (Fsp3) is 0.556. The molecule has 0 heterocycles. The number of halogens is 4. The van der Waals surface area contributed by atoms with Gasteiger partial charge in [0.05, 0.1) is 34.3 Å². The summed E-state index contributed by atoms with van der Waals surface area (Å²) in [7, 11) is -1.76. The Kier molecular flexibility index (Phi) is 7.94. The van der Waals surface area contributed by atoms with Crippen molar-refractivity contribution in [1.82, 2.24) is 4.72 Å². The van der Waals surface area contributed by atoms with Crippen LogP contribution in [0.2, 0.25) is 0 Å². The van der Waals surface area contributed by atoms with Gasteiger partial charge in [-0.2, -0.15) is 13.2 Å². The first-order valence-electron chi connectivity index (χ1n) is 8.63. The molecule has 0 radical (unpaired) electrons. The maximum Gasteiger partial charge on any atom is 0.471 e. The molecule has 29 heavy (non-hydrogen) atoms. The number of carbonyl (C=O) groups excluding carboxylic acids is 2. The number of anilines is 1. The number of hydrogen-bond donors (Lipinski definition) is 2. The lowest BCUT2D eigenvalue weighted by Gasteiger charge is -2.33. The molecule has 0 aliphatic rings. The first kappa shape index (κ1) is 25.0. The van der Waals surface area contributed by atoms with Crippen LogP contribution in [0.1, 0.15) is 46.6 Å². The molecule has 0 saturated carbocycles. The molecule has 0 fully saturated rings. The summed E-state index contributed by atoms with van der Waals surface area (Å²) in [5.74, 6) is -3.81. The van der Waals surface area contributed by atoms with E-state index < -0.39 is 51.6 Å². The quantitative estimate of drug-likeness (QED) is 0.502. The number of rotatable bonds is 7. The molecule has 0 aliphatic heterocycles. The van der Waals surface area contributed by atoms with E-state index in [9.17, 15) is 31.4 Å². The van der Waals surface area contributed by atoms with E-state index in [0.717, 1.165) is 18.2 Å². The lowest BCUT2D eigenvalue weighted by Crippen LogP contribution is -2.48. The summed E-state index contributed by atoms with van der Waals surface area (Å²) < 4.78 is 71.5. The van der Waals surface area contributed by atoms with Crippen molar-refractivity contribution in [1.29, 1.82) is 0 Å². The van der Waals surface area contributed by atoms with Gasteiger partial charge in [-0.1, -0.05) is 0 Å². The summed E-state index contributed by atoms with van der Waals surface area (Å²) in [4.78, 5) is 23.3. The molecule has 1 rings (SSSR count). The molecule has 2 N–H and O–H groups in total. The van der Waals surface area contributed by atoms with Crippen LogP contribution in [0.25, 0.3) is 0 Å². The minimum atomic E-state index is -5.13. The summed E-state index contributed by atoms with van der Waals surface area (Å²) in [6.07, 6.45) is -5.58. The van der Waals surface area contributed by atoms with Gasteiger partial charge in [-0.05, 0) is 52.8 Å². The molecule has 0 aromatic heterocycles. The molecule has 6 nitrogen and oxygen atoms in total. The van der Waals surface area contributed by atoms with Crippen molar-refractivity contribution in [2.45, 2.75) is 57.5 Å². The van der Waals surface area contributed by atoms with Crippen LogP contribution in [-0.4, -0.2) is 33.6 Å². The van der Waals surface area contributed by atoms with Crippen LogP contribution in [0.3, 0.4) is 0 Å². The third-order valence-electron chi connectivity index (χ3n) is 3.75. The second-order valence-electron chi connectivity index (χ2n) is 7.44. The van der Waals surface area contributed by atoms with E-state index in [4.69, 9.17) is 4.74 Å². The van der Waals surface area contributed by atoms with Gasteiger partial charge in [0.25, 0.3) is 0 Å². The Hall–Kier alpha value is -2.01. The Morgan fingerprint density at radius 2 is 1.72 bits per heavy atom. The Morgan fingerprint density at radius 1 is 1.14 bits per heavy atom. The number of ether oxygens (including phenoxy) is 1. The molecule has 0 aliphatic carbocycles. The zero-order valence-corrected chi connectivity index (χ0v) is 17.5. The van der Waals surface area contributed by atoms with E-state index in [2.05, 4.69) is 4.72 Å². The summed E-state index contributed by atoms with van der Waals surface area (Å²) in [6.45, 7) is 7.96. The number of carbonyl (C=O) groups is 2. The maximum absolute atomic E-state index is 14.6. The number of hydrogen-bond acceptors (Lipinski definition) is 4. The van der Waals surface area contributed by atoms with Gasteiger partial charge in [-0.15, -0.1) is 0 Å². The van der Waals surface area contributed by atoms with Crippen molar-refractivity contribution >= 4 is 28.5 Å². The van der Waals surface area contributed by atoms with Crippen molar-refractivity contribution in [3.05, 3.63) is 29.6 Å². The van der Waals surface area contributed by atoms with Crippen molar-refractivity contribution in [3.63, 3.8) is 0 Å². The normalized spacial score (nSPS) is 15.3. The average molecular weight is 440 g/mol. The van der Waals surface area contributed by atoms with Crippen molar-refractivity contribution < 1.29 is 36.1 Å². The SMILES string of the molecule is CCOC(=O)C[C@](C)(N[S@](=O)C(C)(C)C)c1cc(NC(=O)C(F)(F)F)ccc1F. The zero-order valence-electron chi connectivity index (χ0n) is 16.7. The number of alkyl halides is 3. The molecular formula is C18H24F4N2O4S. The standard InChI is InChI=1S/C18H24F4N2O4S/c1-6-28-14(25)10-17(5,24-29(27)16(2,3)4)12-9-11(7-8-13(12)19)23-15(26)18(20,21)22/h7-9,24H,6,10H2,1-5H3,(H,23,26)/t17-,29+/m0/s1. The second kappa shape index (κ2) is 9.21. The third-order valence-corrected chi connectivity index (χ3v) is 5.50.